The third-order valence-electron chi connectivity index (χ3n) is 3.14. The van der Waals surface area contributed by atoms with E-state index in [2.05, 4.69) is 28.2 Å². The van der Waals surface area contributed by atoms with Crippen molar-refractivity contribution in [3.05, 3.63) is 36.0 Å². The van der Waals surface area contributed by atoms with Crippen molar-refractivity contribution >= 4 is 16.9 Å². The van der Waals surface area contributed by atoms with Crippen LogP contribution in [0.25, 0.3) is 10.9 Å². The number of hydrogen-bond donors (Lipinski definition) is 3. The highest BCUT2D eigenvalue weighted by Gasteiger charge is 2.09. The zero-order chi connectivity index (χ0) is 13.8. The molecular weight excluding hydrogens is 242 g/mol. The predicted molar refractivity (Wildman–Crippen MR) is 74.9 cm³/mol. The number of carbonyl (C=O) groups is 1. The fraction of sp³-hybridized carbons (Fsp3) is 0.357. The maximum Gasteiger partial charge on any atom is 0.304 e. The van der Waals surface area contributed by atoms with Gasteiger partial charge >= 0.3 is 5.97 Å². The molecule has 0 amide bonds. The second-order valence-corrected chi connectivity index (χ2v) is 4.77. The first kappa shape index (κ1) is 13.6. The molecule has 0 spiro atoms. The van der Waals surface area contributed by atoms with Gasteiger partial charge in [0.15, 0.2) is 0 Å². The van der Waals surface area contributed by atoms with Crippen molar-refractivity contribution in [2.24, 2.45) is 12.8 Å². The third kappa shape index (κ3) is 3.33. The van der Waals surface area contributed by atoms with E-state index in [1.807, 2.05) is 19.2 Å². The average molecular weight is 261 g/mol. The number of rotatable bonds is 6. The van der Waals surface area contributed by atoms with Crippen LogP contribution in [0.1, 0.15) is 12.0 Å². The molecule has 0 aliphatic carbocycles. The molecule has 0 radical (unpaired) electrons. The number of para-hydroxylation sites is 1. The normalized spacial score (nSPS) is 12.7. The number of aliphatic carboxylic acids is 1. The number of aryl methyl sites for hydroxylation is 1. The van der Waals surface area contributed by atoms with Gasteiger partial charge in [0.1, 0.15) is 0 Å². The molecule has 0 fully saturated rings. The molecule has 4 N–H and O–H groups in total. The number of nitrogens with zero attached hydrogens (tertiary/aromatic N) is 1. The van der Waals surface area contributed by atoms with Crippen LogP contribution >= 0.6 is 0 Å². The van der Waals surface area contributed by atoms with Gasteiger partial charge in [0.2, 0.25) is 0 Å². The summed E-state index contributed by atoms with van der Waals surface area (Å²) in [5, 5.41) is 13.1. The number of carboxylic acid groups (broad SMARTS) is 1. The van der Waals surface area contributed by atoms with Crippen LogP contribution in [0.2, 0.25) is 0 Å². The predicted octanol–water partition coefficient (Wildman–Crippen LogP) is 1.07. The van der Waals surface area contributed by atoms with Gasteiger partial charge in [-0.1, -0.05) is 18.2 Å². The first-order chi connectivity index (χ1) is 9.08. The Hall–Kier alpha value is -1.85. The molecule has 2 aromatic rings. The van der Waals surface area contributed by atoms with Crippen LogP contribution in [0.15, 0.2) is 30.5 Å². The Kier molecular flexibility index (Phi) is 4.19. The number of nitrogens with one attached hydrogen (secondary N) is 1. The summed E-state index contributed by atoms with van der Waals surface area (Å²) in [7, 11) is 2.02. The van der Waals surface area contributed by atoms with E-state index in [1.54, 1.807) is 0 Å². The van der Waals surface area contributed by atoms with E-state index >= 15 is 0 Å². The molecule has 0 saturated heterocycles. The highest BCUT2D eigenvalue weighted by molar-refractivity contribution is 5.83. The standard InChI is InChI=1S/C14H19N3O2/c1-17-9-10(12-4-2-3-5-13(12)17)7-16-8-11(15)6-14(18)19/h2-5,9,11,16H,6-8,15H2,1H3,(H,18,19). The number of nitrogens with two attached hydrogens (primary N) is 1. The number of fused-ring (bicyclic) bond motifs is 1. The van der Waals surface area contributed by atoms with E-state index in [0.717, 1.165) is 0 Å². The minimum atomic E-state index is -0.862. The van der Waals surface area contributed by atoms with Crippen LogP contribution in [0, 0.1) is 0 Å². The van der Waals surface area contributed by atoms with Crippen molar-refractivity contribution in [3.63, 3.8) is 0 Å². The zero-order valence-electron chi connectivity index (χ0n) is 11.0. The number of aromatic nitrogens is 1. The second kappa shape index (κ2) is 5.86. The maximum atomic E-state index is 10.5. The fourth-order valence-electron chi connectivity index (χ4n) is 2.26. The maximum absolute atomic E-state index is 10.5. The van der Waals surface area contributed by atoms with E-state index < -0.39 is 5.97 Å². The molecule has 19 heavy (non-hydrogen) atoms. The van der Waals surface area contributed by atoms with Crippen molar-refractivity contribution in [2.75, 3.05) is 6.54 Å². The van der Waals surface area contributed by atoms with Crippen molar-refractivity contribution in [3.8, 4) is 0 Å². The van der Waals surface area contributed by atoms with Crippen LogP contribution in [0.3, 0.4) is 0 Å². The molecule has 1 aromatic carbocycles. The van der Waals surface area contributed by atoms with Gasteiger partial charge in [-0.2, -0.15) is 0 Å². The lowest BCUT2D eigenvalue weighted by Crippen LogP contribution is -2.35. The van der Waals surface area contributed by atoms with E-state index in [9.17, 15) is 4.79 Å². The Labute approximate surface area is 112 Å². The molecule has 1 atom stereocenters. The van der Waals surface area contributed by atoms with Crippen LogP contribution < -0.4 is 11.1 Å². The molecule has 1 unspecified atom stereocenters. The average Bonchev–Trinajstić information content (AvgIpc) is 2.66. The molecule has 0 saturated carbocycles. The molecule has 0 bridgehead atoms. The highest BCUT2D eigenvalue weighted by Crippen LogP contribution is 2.19. The molecular formula is C14H19N3O2. The fourth-order valence-corrected chi connectivity index (χ4v) is 2.26. The summed E-state index contributed by atoms with van der Waals surface area (Å²) in [6.45, 7) is 1.18. The zero-order valence-corrected chi connectivity index (χ0v) is 11.0. The molecule has 5 nitrogen and oxygen atoms in total. The Bertz CT molecular complexity index is 577. The largest absolute Gasteiger partial charge is 0.481 e. The van der Waals surface area contributed by atoms with Crippen molar-refractivity contribution in [2.45, 2.75) is 19.0 Å². The van der Waals surface area contributed by atoms with Gasteiger partial charge in [-0.25, -0.2) is 0 Å². The van der Waals surface area contributed by atoms with Gasteiger partial charge in [0.25, 0.3) is 0 Å². The van der Waals surface area contributed by atoms with Crippen LogP contribution in [0.5, 0.6) is 0 Å². The van der Waals surface area contributed by atoms with E-state index in [1.165, 1.54) is 16.5 Å². The monoisotopic (exact) mass is 261 g/mol. The second-order valence-electron chi connectivity index (χ2n) is 4.77. The van der Waals surface area contributed by atoms with Gasteiger partial charge in [-0.3, -0.25) is 4.79 Å². The summed E-state index contributed by atoms with van der Waals surface area (Å²) >= 11 is 0. The van der Waals surface area contributed by atoms with Crippen molar-refractivity contribution < 1.29 is 9.90 Å². The van der Waals surface area contributed by atoms with Gasteiger partial charge in [-0.05, 0) is 11.6 Å². The molecule has 1 aromatic heterocycles. The van der Waals surface area contributed by atoms with Crippen LogP contribution in [-0.2, 0) is 18.4 Å². The minimum Gasteiger partial charge on any atom is -0.481 e. The first-order valence-electron chi connectivity index (χ1n) is 6.29. The van der Waals surface area contributed by atoms with Gasteiger partial charge in [-0.15, -0.1) is 0 Å². The van der Waals surface area contributed by atoms with E-state index in [4.69, 9.17) is 10.8 Å². The van der Waals surface area contributed by atoms with E-state index in [0.29, 0.717) is 13.1 Å². The quantitative estimate of drug-likeness (QED) is 0.726. The lowest BCUT2D eigenvalue weighted by atomic mass is 10.1. The lowest BCUT2D eigenvalue weighted by Gasteiger charge is -2.09. The van der Waals surface area contributed by atoms with Gasteiger partial charge in [0.05, 0.1) is 6.42 Å². The van der Waals surface area contributed by atoms with Crippen molar-refractivity contribution in [1.29, 1.82) is 0 Å². The molecule has 5 heteroatoms. The topological polar surface area (TPSA) is 80.3 Å². The molecule has 2 rings (SSSR count). The third-order valence-corrected chi connectivity index (χ3v) is 3.14. The van der Waals surface area contributed by atoms with Crippen molar-refractivity contribution in [1.82, 2.24) is 9.88 Å². The minimum absolute atomic E-state index is 0.0114. The SMILES string of the molecule is Cn1cc(CNCC(N)CC(=O)O)c2ccccc21. The Morgan fingerprint density at radius 1 is 1.47 bits per heavy atom. The highest BCUT2D eigenvalue weighted by atomic mass is 16.4. The summed E-state index contributed by atoms with van der Waals surface area (Å²) in [6, 6.07) is 7.84. The van der Waals surface area contributed by atoms with Gasteiger partial charge < -0.3 is 20.7 Å². The van der Waals surface area contributed by atoms with E-state index in [-0.39, 0.29) is 12.5 Å². The molecule has 0 aliphatic rings. The summed E-state index contributed by atoms with van der Waals surface area (Å²) in [5.41, 5.74) is 8.09. The van der Waals surface area contributed by atoms with Crippen LogP contribution in [0.4, 0.5) is 0 Å². The smallest absolute Gasteiger partial charge is 0.304 e. The number of benzene rings is 1. The summed E-state index contributed by atoms with van der Waals surface area (Å²) in [5.74, 6) is -0.862. The van der Waals surface area contributed by atoms with Crippen LogP contribution in [-0.4, -0.2) is 28.2 Å². The summed E-state index contributed by atoms with van der Waals surface area (Å²) < 4.78 is 2.09. The summed E-state index contributed by atoms with van der Waals surface area (Å²) in [6.07, 6.45) is 2.07. The Balaban J connectivity index is 1.97. The molecule has 0 aliphatic heterocycles. The molecule has 102 valence electrons. The lowest BCUT2D eigenvalue weighted by molar-refractivity contribution is -0.137. The Morgan fingerprint density at radius 3 is 2.95 bits per heavy atom. The molecule has 1 heterocycles. The number of carboxylic acids is 1. The Morgan fingerprint density at radius 2 is 2.21 bits per heavy atom. The number of hydrogen-bond acceptors (Lipinski definition) is 3. The summed E-state index contributed by atoms with van der Waals surface area (Å²) in [4.78, 5) is 10.5. The van der Waals surface area contributed by atoms with Gasteiger partial charge in [0, 0.05) is 43.3 Å². The first-order valence-corrected chi connectivity index (χ1v) is 6.29.